The van der Waals surface area contributed by atoms with Gasteiger partial charge in [0.2, 0.25) is 5.43 Å². The van der Waals surface area contributed by atoms with Crippen LogP contribution < -0.4 is 5.43 Å². The van der Waals surface area contributed by atoms with Crippen LogP contribution in [0.5, 0.6) is 5.75 Å². The van der Waals surface area contributed by atoms with E-state index >= 15 is 0 Å². The molecule has 0 saturated heterocycles. The highest BCUT2D eigenvalue weighted by Gasteiger charge is 2.37. The number of carbonyl (C=O) groups is 1. The van der Waals surface area contributed by atoms with Gasteiger partial charge in [-0.05, 0) is 25.0 Å². The van der Waals surface area contributed by atoms with E-state index in [0.29, 0.717) is 11.6 Å². The van der Waals surface area contributed by atoms with Gasteiger partial charge < -0.3 is 19.3 Å². The molecule has 0 amide bonds. The van der Waals surface area contributed by atoms with Gasteiger partial charge in [-0.25, -0.2) is 9.78 Å². The third-order valence-corrected chi connectivity index (χ3v) is 5.51. The summed E-state index contributed by atoms with van der Waals surface area (Å²) in [6, 6.07) is 3.82. The van der Waals surface area contributed by atoms with Crippen molar-refractivity contribution in [1.82, 2.24) is 14.1 Å². The Morgan fingerprint density at radius 3 is 2.74 bits per heavy atom. The van der Waals surface area contributed by atoms with Gasteiger partial charge >= 0.3 is 5.97 Å². The lowest BCUT2D eigenvalue weighted by atomic mass is 9.96. The first-order chi connectivity index (χ1) is 12.9. The van der Waals surface area contributed by atoms with Crippen molar-refractivity contribution in [2.45, 2.75) is 37.8 Å². The number of rotatable bonds is 4. The highest BCUT2D eigenvalue weighted by molar-refractivity contribution is 6.31. The number of carboxylic acid groups (broad SMARTS) is 1. The normalized spacial score (nSPS) is 16.0. The van der Waals surface area contributed by atoms with Crippen molar-refractivity contribution < 1.29 is 15.0 Å². The summed E-state index contributed by atoms with van der Waals surface area (Å²) in [7, 11) is 0. The molecule has 1 fully saturated rings. The Balaban J connectivity index is 1.82. The molecule has 0 spiro atoms. The van der Waals surface area contributed by atoms with Crippen LogP contribution in [0.3, 0.4) is 0 Å². The van der Waals surface area contributed by atoms with E-state index in [9.17, 15) is 19.8 Å². The van der Waals surface area contributed by atoms with Crippen molar-refractivity contribution in [3.63, 3.8) is 0 Å². The number of aromatic hydroxyl groups is 1. The number of pyridine rings is 2. The summed E-state index contributed by atoms with van der Waals surface area (Å²) in [6.07, 6.45) is 10.0. The lowest BCUT2D eigenvalue weighted by molar-refractivity contribution is 0.0693. The molecular weight excluding hydrogens is 370 g/mol. The maximum atomic E-state index is 11.8. The summed E-state index contributed by atoms with van der Waals surface area (Å²) in [5, 5.41) is 20.6. The molecule has 1 saturated carbocycles. The van der Waals surface area contributed by atoms with Gasteiger partial charge in [-0.2, -0.15) is 0 Å². The van der Waals surface area contributed by atoms with Gasteiger partial charge in [0.1, 0.15) is 11.2 Å². The van der Waals surface area contributed by atoms with Gasteiger partial charge in [-0.15, -0.1) is 0 Å². The van der Waals surface area contributed by atoms with Crippen molar-refractivity contribution in [2.75, 3.05) is 0 Å². The Labute approximate surface area is 159 Å². The summed E-state index contributed by atoms with van der Waals surface area (Å²) >= 11 is 6.04. The van der Waals surface area contributed by atoms with Crippen LogP contribution in [0.15, 0.2) is 41.7 Å². The first kappa shape index (κ1) is 17.6. The first-order valence-electron chi connectivity index (χ1n) is 8.69. The van der Waals surface area contributed by atoms with Gasteiger partial charge in [0.15, 0.2) is 5.75 Å². The minimum absolute atomic E-state index is 0.320. The number of aromatic nitrogens is 3. The standard InChI is InChI=1S/C19H18ClN3O4/c20-13-7-12-3-6-23(17(12)21-8-13)19(4-1-2-5-19)11-22-9-14(18(26)27)16(25)15(24)10-22/h3,6-10,24H,1-2,4-5,11H2,(H,26,27). The molecule has 7 nitrogen and oxygen atoms in total. The van der Waals surface area contributed by atoms with Gasteiger partial charge in [-0.3, -0.25) is 4.79 Å². The lowest BCUT2D eigenvalue weighted by Gasteiger charge is -2.33. The fraction of sp³-hybridized carbons (Fsp3) is 0.316. The van der Waals surface area contributed by atoms with Crippen LogP contribution in [0, 0.1) is 0 Å². The zero-order valence-corrected chi connectivity index (χ0v) is 15.2. The largest absolute Gasteiger partial charge is 0.503 e. The van der Waals surface area contributed by atoms with Crippen LogP contribution in [-0.2, 0) is 12.1 Å². The topological polar surface area (TPSA) is 97.3 Å². The monoisotopic (exact) mass is 387 g/mol. The number of fused-ring (bicyclic) bond motifs is 1. The Morgan fingerprint density at radius 2 is 2.04 bits per heavy atom. The van der Waals surface area contributed by atoms with Crippen LogP contribution in [0.25, 0.3) is 11.0 Å². The van der Waals surface area contributed by atoms with E-state index in [1.165, 1.54) is 12.4 Å². The van der Waals surface area contributed by atoms with Gasteiger partial charge in [-0.1, -0.05) is 24.4 Å². The van der Waals surface area contributed by atoms with E-state index in [1.807, 2.05) is 18.3 Å². The molecule has 0 radical (unpaired) electrons. The van der Waals surface area contributed by atoms with E-state index in [2.05, 4.69) is 9.55 Å². The molecule has 140 valence electrons. The highest BCUT2D eigenvalue weighted by atomic mass is 35.5. The predicted octanol–water partition coefficient (Wildman–Crippen LogP) is 3.22. The summed E-state index contributed by atoms with van der Waals surface area (Å²) < 4.78 is 3.70. The molecule has 3 aromatic rings. The predicted molar refractivity (Wildman–Crippen MR) is 101 cm³/mol. The Morgan fingerprint density at radius 1 is 1.30 bits per heavy atom. The summed E-state index contributed by atoms with van der Waals surface area (Å²) in [6.45, 7) is 0.426. The first-order valence-corrected chi connectivity index (χ1v) is 9.07. The number of hydrogen-bond acceptors (Lipinski definition) is 4. The average Bonchev–Trinajstić information content (AvgIpc) is 3.24. The second-order valence-electron chi connectivity index (χ2n) is 7.05. The molecule has 0 aliphatic heterocycles. The van der Waals surface area contributed by atoms with E-state index < -0.39 is 22.7 Å². The van der Waals surface area contributed by atoms with Crippen molar-refractivity contribution in [1.29, 1.82) is 0 Å². The summed E-state index contributed by atoms with van der Waals surface area (Å²) in [4.78, 5) is 27.6. The molecule has 0 aromatic carbocycles. The van der Waals surface area contributed by atoms with Crippen LogP contribution >= 0.6 is 11.6 Å². The van der Waals surface area contributed by atoms with Crippen molar-refractivity contribution in [3.05, 3.63) is 57.7 Å². The van der Waals surface area contributed by atoms with E-state index in [1.54, 1.807) is 10.8 Å². The van der Waals surface area contributed by atoms with Gasteiger partial charge in [0.25, 0.3) is 0 Å². The number of halogens is 1. The van der Waals surface area contributed by atoms with Crippen molar-refractivity contribution in [2.24, 2.45) is 0 Å². The molecule has 1 aliphatic carbocycles. The van der Waals surface area contributed by atoms with E-state index in [-0.39, 0.29) is 5.54 Å². The number of carboxylic acids is 1. The molecule has 8 heteroatoms. The maximum Gasteiger partial charge on any atom is 0.341 e. The van der Waals surface area contributed by atoms with Crippen LogP contribution in [-0.4, -0.2) is 30.3 Å². The summed E-state index contributed by atoms with van der Waals surface area (Å²) in [5.74, 6) is -1.92. The molecule has 4 rings (SSSR count). The number of nitrogens with zero attached hydrogens (tertiary/aromatic N) is 3. The molecule has 3 heterocycles. The molecular formula is C19H18ClN3O4. The van der Waals surface area contributed by atoms with Gasteiger partial charge in [0, 0.05) is 36.7 Å². The average molecular weight is 388 g/mol. The van der Waals surface area contributed by atoms with Crippen LogP contribution in [0.1, 0.15) is 36.0 Å². The molecule has 3 aromatic heterocycles. The van der Waals surface area contributed by atoms with E-state index in [4.69, 9.17) is 11.6 Å². The molecule has 2 N–H and O–H groups in total. The third-order valence-electron chi connectivity index (χ3n) is 5.31. The molecule has 0 bridgehead atoms. The van der Waals surface area contributed by atoms with Crippen molar-refractivity contribution >= 4 is 28.6 Å². The smallest absolute Gasteiger partial charge is 0.341 e. The van der Waals surface area contributed by atoms with Gasteiger partial charge in [0.05, 0.1) is 10.6 Å². The molecule has 0 atom stereocenters. The highest BCUT2D eigenvalue weighted by Crippen LogP contribution is 2.40. The second-order valence-corrected chi connectivity index (χ2v) is 7.48. The summed E-state index contributed by atoms with van der Waals surface area (Å²) in [5.41, 5.74) is -0.822. The van der Waals surface area contributed by atoms with E-state index in [0.717, 1.165) is 36.7 Å². The van der Waals surface area contributed by atoms with Crippen molar-refractivity contribution in [3.8, 4) is 5.75 Å². The molecule has 27 heavy (non-hydrogen) atoms. The molecule has 0 unspecified atom stereocenters. The lowest BCUT2D eigenvalue weighted by Crippen LogP contribution is -2.35. The number of aromatic carboxylic acids is 1. The Hall–Kier alpha value is -2.80. The Kier molecular flexibility index (Phi) is 4.19. The zero-order valence-electron chi connectivity index (χ0n) is 14.4. The fourth-order valence-electron chi connectivity index (χ4n) is 4.09. The SMILES string of the molecule is O=C(O)c1cn(CC2(n3ccc4cc(Cl)cnc43)CCCC2)cc(O)c1=O. The van der Waals surface area contributed by atoms with Crippen LogP contribution in [0.2, 0.25) is 5.02 Å². The number of hydrogen-bond donors (Lipinski definition) is 2. The molecule has 1 aliphatic rings. The van der Waals surface area contributed by atoms with Crippen LogP contribution in [0.4, 0.5) is 0 Å². The Bertz CT molecular complexity index is 1100. The zero-order chi connectivity index (χ0) is 19.2. The second kappa shape index (κ2) is 6.42. The third kappa shape index (κ3) is 2.98. The maximum absolute atomic E-state index is 11.8. The quantitative estimate of drug-likeness (QED) is 0.716. The minimum Gasteiger partial charge on any atom is -0.503 e. The minimum atomic E-state index is -1.35. The fourth-order valence-corrected chi connectivity index (χ4v) is 4.25.